The molecule has 1 amide bonds. The molecule has 27 heavy (non-hydrogen) atoms. The molecule has 0 spiro atoms. The van der Waals surface area contributed by atoms with Crippen LogP contribution < -0.4 is 15.4 Å². The summed E-state index contributed by atoms with van der Waals surface area (Å²) in [5.41, 5.74) is 4.00. The van der Waals surface area contributed by atoms with Crippen molar-refractivity contribution in [1.29, 1.82) is 0 Å². The van der Waals surface area contributed by atoms with Gasteiger partial charge in [-0.25, -0.2) is 0 Å². The van der Waals surface area contributed by atoms with E-state index in [0.29, 0.717) is 12.3 Å². The number of ether oxygens (including phenoxy) is 1. The van der Waals surface area contributed by atoms with Gasteiger partial charge in [0.2, 0.25) is 0 Å². The number of hydrogen-bond acceptors (Lipinski definition) is 3. The van der Waals surface area contributed by atoms with Crippen LogP contribution in [0.1, 0.15) is 11.1 Å². The van der Waals surface area contributed by atoms with E-state index >= 15 is 0 Å². The minimum absolute atomic E-state index is 0.0471. The van der Waals surface area contributed by atoms with Gasteiger partial charge in [0, 0.05) is 17.9 Å². The summed E-state index contributed by atoms with van der Waals surface area (Å²) >= 11 is 3.52. The van der Waals surface area contributed by atoms with Crippen molar-refractivity contribution < 1.29 is 9.53 Å². The fraction of sp³-hybridized carbons (Fsp3) is 0.136. The first-order chi connectivity index (χ1) is 13.1. The van der Waals surface area contributed by atoms with E-state index < -0.39 is 0 Å². The molecule has 3 aromatic rings. The van der Waals surface area contributed by atoms with E-state index in [-0.39, 0.29) is 12.5 Å². The summed E-state index contributed by atoms with van der Waals surface area (Å²) in [4.78, 5) is 12.1. The molecule has 0 fully saturated rings. The van der Waals surface area contributed by atoms with Gasteiger partial charge in [-0.05, 0) is 64.3 Å². The predicted octanol–water partition coefficient (Wildman–Crippen LogP) is 5.39. The van der Waals surface area contributed by atoms with Crippen molar-refractivity contribution in [2.75, 3.05) is 17.2 Å². The Morgan fingerprint density at radius 2 is 1.74 bits per heavy atom. The van der Waals surface area contributed by atoms with Crippen molar-refractivity contribution >= 4 is 33.2 Å². The third-order valence-electron chi connectivity index (χ3n) is 4.04. The first-order valence-corrected chi connectivity index (χ1v) is 9.47. The van der Waals surface area contributed by atoms with Crippen molar-refractivity contribution in [3.8, 4) is 5.75 Å². The molecule has 2 N–H and O–H groups in total. The second kappa shape index (κ2) is 9.24. The van der Waals surface area contributed by atoms with E-state index in [1.807, 2.05) is 79.7 Å². The molecule has 3 aromatic carbocycles. The van der Waals surface area contributed by atoms with Gasteiger partial charge in [0.25, 0.3) is 5.91 Å². The van der Waals surface area contributed by atoms with Gasteiger partial charge in [-0.2, -0.15) is 0 Å². The average molecular weight is 425 g/mol. The maximum absolute atomic E-state index is 12.1. The van der Waals surface area contributed by atoms with Crippen LogP contribution in [-0.4, -0.2) is 12.5 Å². The Morgan fingerprint density at radius 3 is 2.48 bits per heavy atom. The SMILES string of the molecule is Cc1ccccc1NC(=O)COc1ccc(CNc2ccccc2)cc1Br. The van der Waals surface area contributed by atoms with E-state index in [2.05, 4.69) is 26.6 Å². The van der Waals surface area contributed by atoms with Gasteiger partial charge >= 0.3 is 0 Å². The summed E-state index contributed by atoms with van der Waals surface area (Å²) in [6.07, 6.45) is 0. The van der Waals surface area contributed by atoms with Crippen LogP contribution >= 0.6 is 15.9 Å². The fourth-order valence-corrected chi connectivity index (χ4v) is 3.11. The summed E-state index contributed by atoms with van der Waals surface area (Å²) < 4.78 is 6.47. The molecule has 5 heteroatoms. The van der Waals surface area contributed by atoms with Crippen LogP contribution in [0.2, 0.25) is 0 Å². The van der Waals surface area contributed by atoms with E-state index in [4.69, 9.17) is 4.74 Å². The van der Waals surface area contributed by atoms with Gasteiger partial charge in [0.05, 0.1) is 4.47 Å². The molecule has 0 atom stereocenters. The minimum Gasteiger partial charge on any atom is -0.483 e. The molecule has 0 saturated carbocycles. The Labute approximate surface area is 167 Å². The molecule has 0 saturated heterocycles. The number of carbonyl (C=O) groups is 1. The van der Waals surface area contributed by atoms with E-state index in [1.165, 1.54) is 0 Å². The normalized spacial score (nSPS) is 10.3. The van der Waals surface area contributed by atoms with Gasteiger partial charge in [-0.1, -0.05) is 42.5 Å². The van der Waals surface area contributed by atoms with Crippen LogP contribution in [0, 0.1) is 6.92 Å². The monoisotopic (exact) mass is 424 g/mol. The van der Waals surface area contributed by atoms with Crippen LogP contribution in [-0.2, 0) is 11.3 Å². The van der Waals surface area contributed by atoms with Crippen molar-refractivity contribution in [1.82, 2.24) is 0 Å². The van der Waals surface area contributed by atoms with Crippen molar-refractivity contribution in [2.45, 2.75) is 13.5 Å². The number of benzene rings is 3. The molecule has 138 valence electrons. The summed E-state index contributed by atoms with van der Waals surface area (Å²) in [7, 11) is 0. The number of amides is 1. The summed E-state index contributed by atoms with van der Waals surface area (Å²) in [6, 6.07) is 23.5. The highest BCUT2D eigenvalue weighted by Crippen LogP contribution is 2.26. The summed E-state index contributed by atoms with van der Waals surface area (Å²) in [5.74, 6) is 0.449. The number of halogens is 1. The number of para-hydroxylation sites is 2. The minimum atomic E-state index is -0.189. The lowest BCUT2D eigenvalue weighted by atomic mass is 10.2. The number of rotatable bonds is 7. The lowest BCUT2D eigenvalue weighted by Crippen LogP contribution is -2.20. The molecule has 0 aromatic heterocycles. The molecule has 0 radical (unpaired) electrons. The number of hydrogen-bond donors (Lipinski definition) is 2. The van der Waals surface area contributed by atoms with Crippen molar-refractivity contribution in [3.63, 3.8) is 0 Å². The van der Waals surface area contributed by atoms with Gasteiger partial charge < -0.3 is 15.4 Å². The standard InChI is InChI=1S/C22H21BrN2O2/c1-16-7-5-6-10-20(16)25-22(26)15-27-21-12-11-17(13-19(21)23)14-24-18-8-3-2-4-9-18/h2-13,24H,14-15H2,1H3,(H,25,26). The predicted molar refractivity (Wildman–Crippen MR) is 113 cm³/mol. The number of anilines is 2. The van der Waals surface area contributed by atoms with E-state index in [0.717, 1.165) is 27.0 Å². The van der Waals surface area contributed by atoms with Crippen molar-refractivity contribution in [2.24, 2.45) is 0 Å². The molecule has 0 unspecified atom stereocenters. The van der Waals surface area contributed by atoms with Crippen LogP contribution in [0.15, 0.2) is 77.3 Å². The van der Waals surface area contributed by atoms with Gasteiger partial charge in [-0.3, -0.25) is 4.79 Å². The van der Waals surface area contributed by atoms with Crippen molar-refractivity contribution in [3.05, 3.63) is 88.4 Å². The van der Waals surface area contributed by atoms with Gasteiger partial charge in [0.1, 0.15) is 5.75 Å². The largest absolute Gasteiger partial charge is 0.483 e. The highest BCUT2D eigenvalue weighted by Gasteiger charge is 2.08. The van der Waals surface area contributed by atoms with Crippen LogP contribution in [0.4, 0.5) is 11.4 Å². The highest BCUT2D eigenvalue weighted by atomic mass is 79.9. The molecule has 0 aliphatic heterocycles. The Bertz CT molecular complexity index is 913. The quantitative estimate of drug-likeness (QED) is 0.534. The van der Waals surface area contributed by atoms with Crippen LogP contribution in [0.5, 0.6) is 5.75 Å². The van der Waals surface area contributed by atoms with Gasteiger partial charge in [0.15, 0.2) is 6.61 Å². The number of aryl methyl sites for hydroxylation is 1. The molecule has 4 nitrogen and oxygen atoms in total. The topological polar surface area (TPSA) is 50.4 Å². The highest BCUT2D eigenvalue weighted by molar-refractivity contribution is 9.10. The summed E-state index contributed by atoms with van der Waals surface area (Å²) in [6.45, 7) is 2.61. The second-order valence-corrected chi connectivity index (χ2v) is 6.99. The Balaban J connectivity index is 1.53. The molecule has 0 aliphatic carbocycles. The average Bonchev–Trinajstić information content (AvgIpc) is 2.68. The fourth-order valence-electron chi connectivity index (χ4n) is 2.57. The molecule has 3 rings (SSSR count). The van der Waals surface area contributed by atoms with Gasteiger partial charge in [-0.15, -0.1) is 0 Å². The maximum atomic E-state index is 12.1. The lowest BCUT2D eigenvalue weighted by Gasteiger charge is -2.12. The number of carbonyl (C=O) groups excluding carboxylic acids is 1. The Kier molecular flexibility index (Phi) is 6.49. The second-order valence-electron chi connectivity index (χ2n) is 6.14. The molecule has 0 bridgehead atoms. The Morgan fingerprint density at radius 1 is 1.00 bits per heavy atom. The molecule has 0 heterocycles. The zero-order chi connectivity index (χ0) is 19.1. The maximum Gasteiger partial charge on any atom is 0.262 e. The molecule has 0 aliphatic rings. The zero-order valence-electron chi connectivity index (χ0n) is 15.0. The first-order valence-electron chi connectivity index (χ1n) is 8.67. The van der Waals surface area contributed by atoms with E-state index in [9.17, 15) is 4.79 Å². The Hall–Kier alpha value is -2.79. The molecular formula is C22H21BrN2O2. The lowest BCUT2D eigenvalue weighted by molar-refractivity contribution is -0.118. The molecular weight excluding hydrogens is 404 g/mol. The van der Waals surface area contributed by atoms with Crippen LogP contribution in [0.25, 0.3) is 0 Å². The third-order valence-corrected chi connectivity index (χ3v) is 4.66. The summed E-state index contributed by atoms with van der Waals surface area (Å²) in [5, 5.41) is 6.23. The van der Waals surface area contributed by atoms with E-state index in [1.54, 1.807) is 0 Å². The zero-order valence-corrected chi connectivity index (χ0v) is 16.6. The first kappa shape index (κ1) is 19.0. The third kappa shape index (κ3) is 5.59. The smallest absolute Gasteiger partial charge is 0.262 e. The van der Waals surface area contributed by atoms with Crippen LogP contribution in [0.3, 0.4) is 0 Å². The number of nitrogens with one attached hydrogen (secondary N) is 2.